The van der Waals surface area contributed by atoms with Crippen LogP contribution >= 0.6 is 16.5 Å². The van der Waals surface area contributed by atoms with E-state index in [-0.39, 0.29) is 0 Å². The Hall–Kier alpha value is -0.120. The van der Waals surface area contributed by atoms with E-state index in [9.17, 15) is 9.79 Å². The van der Waals surface area contributed by atoms with Crippen molar-refractivity contribution in [1.82, 2.24) is 0 Å². The molecule has 0 amide bonds. The molecule has 7 heteroatoms. The molecule has 33 heavy (non-hydrogen) atoms. The molecule has 0 bridgehead atoms. The molecule has 0 saturated heterocycles. The van der Waals surface area contributed by atoms with Gasteiger partial charge >= 0.3 is 205 Å². The van der Waals surface area contributed by atoms with Gasteiger partial charge in [-0.05, 0) is 0 Å². The Morgan fingerprint density at radius 1 is 0.667 bits per heavy atom. The van der Waals surface area contributed by atoms with Gasteiger partial charge in [-0.15, -0.1) is 0 Å². The van der Waals surface area contributed by atoms with Crippen molar-refractivity contribution in [2.45, 2.75) is 105 Å². The van der Waals surface area contributed by atoms with Gasteiger partial charge in [0.1, 0.15) is 0 Å². The van der Waals surface area contributed by atoms with Gasteiger partial charge in [0.25, 0.3) is 0 Å². The third kappa shape index (κ3) is 15.5. The van der Waals surface area contributed by atoms with Crippen molar-refractivity contribution in [3.8, 4) is 0 Å². The predicted octanol–water partition coefficient (Wildman–Crippen LogP) is 8.06. The molecule has 5 nitrogen and oxygen atoms in total. The summed E-state index contributed by atoms with van der Waals surface area (Å²) in [5, 5.41) is 0.787. The number of unbranched alkanes of at least 4 members (excludes halogenated alkanes) is 8. The van der Waals surface area contributed by atoms with Crippen LogP contribution in [0.5, 0.6) is 0 Å². The van der Waals surface area contributed by atoms with Crippen LogP contribution in [-0.2, 0) is 13.4 Å². The van der Waals surface area contributed by atoms with Gasteiger partial charge in [0.15, 0.2) is 0 Å². The summed E-state index contributed by atoms with van der Waals surface area (Å²) in [7, 11) is -5.96. The summed E-state index contributed by atoms with van der Waals surface area (Å²) in [5.74, 6) is 1.54. The van der Waals surface area contributed by atoms with Crippen LogP contribution in [0.4, 0.5) is 0 Å². The standard InChI is InChI=1S/C26H50O5P2/c1-24(2)18-12-7-5-9-16-22-29-33(31-32(27)28,26-20-14-11-15-21-26)30-23-17-10-6-8-13-19-25(3)4/h11,14-15,20-21,24-25,27-28,33H,5-10,12-13,16-19,22-23H2,1-4H3. The normalized spacial score (nSPS) is 12.9. The van der Waals surface area contributed by atoms with E-state index in [0.717, 1.165) is 42.8 Å². The van der Waals surface area contributed by atoms with Crippen LogP contribution in [-0.4, -0.2) is 23.0 Å². The molecule has 0 aromatic heterocycles. The summed E-state index contributed by atoms with van der Waals surface area (Å²) in [6, 6.07) is 9.56. The Bertz CT molecular complexity index is 545. The first kappa shape index (κ1) is 30.9. The minimum atomic E-state index is -3.39. The molecule has 0 heterocycles. The molecule has 0 saturated carbocycles. The van der Waals surface area contributed by atoms with Gasteiger partial charge in [-0.25, -0.2) is 0 Å². The average Bonchev–Trinajstić information content (AvgIpc) is 2.77. The van der Waals surface area contributed by atoms with Gasteiger partial charge in [0.2, 0.25) is 0 Å². The van der Waals surface area contributed by atoms with Crippen LogP contribution < -0.4 is 5.30 Å². The van der Waals surface area contributed by atoms with E-state index in [4.69, 9.17) is 13.4 Å². The zero-order chi connectivity index (χ0) is 24.4. The average molecular weight is 505 g/mol. The van der Waals surface area contributed by atoms with E-state index < -0.39 is 16.5 Å². The quantitative estimate of drug-likeness (QED) is 0.131. The first-order chi connectivity index (χ1) is 15.9. The summed E-state index contributed by atoms with van der Waals surface area (Å²) in [4.78, 5) is 19.4. The van der Waals surface area contributed by atoms with E-state index in [0.29, 0.717) is 13.2 Å². The van der Waals surface area contributed by atoms with Crippen molar-refractivity contribution in [2.24, 2.45) is 11.8 Å². The summed E-state index contributed by atoms with van der Waals surface area (Å²) in [5.41, 5.74) is 0. The first-order valence-corrected chi connectivity index (χ1v) is 15.9. The zero-order valence-corrected chi connectivity index (χ0v) is 23.4. The third-order valence-electron chi connectivity index (χ3n) is 5.76. The third-order valence-corrected chi connectivity index (χ3v) is 9.59. The van der Waals surface area contributed by atoms with E-state index in [1.54, 1.807) is 0 Å². The Morgan fingerprint density at radius 3 is 1.52 bits per heavy atom. The SMILES string of the molecule is CC(C)CCCCCCCO[PH](OCCCCCCCC(C)C)(OP(O)O)c1ccccc1. The van der Waals surface area contributed by atoms with Gasteiger partial charge in [0.05, 0.1) is 0 Å². The van der Waals surface area contributed by atoms with E-state index >= 15 is 0 Å². The Labute approximate surface area is 205 Å². The van der Waals surface area contributed by atoms with Crippen LogP contribution in [0.1, 0.15) is 105 Å². The number of benzene rings is 1. The number of hydrogen-bond acceptors (Lipinski definition) is 5. The van der Waals surface area contributed by atoms with Crippen LogP contribution in [0.25, 0.3) is 0 Å². The maximum absolute atomic E-state index is 9.71. The topological polar surface area (TPSA) is 68.2 Å². The van der Waals surface area contributed by atoms with Crippen molar-refractivity contribution in [3.05, 3.63) is 30.3 Å². The Morgan fingerprint density at radius 2 is 1.09 bits per heavy atom. The second kappa shape index (κ2) is 19.1. The molecule has 1 aromatic rings. The summed E-state index contributed by atoms with van der Waals surface area (Å²) < 4.78 is 18.1. The predicted molar refractivity (Wildman–Crippen MR) is 144 cm³/mol. The summed E-state index contributed by atoms with van der Waals surface area (Å²) in [6.07, 6.45) is 14.1. The zero-order valence-electron chi connectivity index (χ0n) is 21.5. The second-order valence-electron chi connectivity index (χ2n) is 9.86. The van der Waals surface area contributed by atoms with Crippen molar-refractivity contribution in [2.75, 3.05) is 13.2 Å². The van der Waals surface area contributed by atoms with Gasteiger partial charge in [-0.2, -0.15) is 0 Å². The molecule has 0 aliphatic carbocycles. The van der Waals surface area contributed by atoms with E-state index in [1.165, 1.54) is 51.4 Å². The van der Waals surface area contributed by atoms with Crippen LogP contribution in [0.3, 0.4) is 0 Å². The monoisotopic (exact) mass is 504 g/mol. The Balaban J connectivity index is 2.54. The van der Waals surface area contributed by atoms with Crippen LogP contribution in [0.15, 0.2) is 30.3 Å². The molecule has 2 N–H and O–H groups in total. The molecule has 0 fully saturated rings. The first-order valence-electron chi connectivity index (χ1n) is 13.1. The van der Waals surface area contributed by atoms with E-state index in [1.807, 2.05) is 30.3 Å². The van der Waals surface area contributed by atoms with Gasteiger partial charge in [-0.3, -0.25) is 0 Å². The molecule has 1 aromatic carbocycles. The fourth-order valence-electron chi connectivity index (χ4n) is 3.85. The molecule has 0 unspecified atom stereocenters. The molecule has 0 radical (unpaired) electrons. The fraction of sp³-hybridized carbons (Fsp3) is 0.769. The molecule has 0 aliphatic heterocycles. The molecule has 0 atom stereocenters. The number of hydrogen-bond donors (Lipinski definition) is 2. The number of rotatable bonds is 21. The molecule has 1 rings (SSSR count). The van der Waals surface area contributed by atoms with Crippen molar-refractivity contribution < 1.29 is 23.1 Å². The molecule has 194 valence electrons. The van der Waals surface area contributed by atoms with Gasteiger partial charge in [-0.1, -0.05) is 0 Å². The van der Waals surface area contributed by atoms with Gasteiger partial charge in [0, 0.05) is 0 Å². The molecule has 0 spiro atoms. The second-order valence-corrected chi connectivity index (χ2v) is 13.4. The van der Waals surface area contributed by atoms with Crippen molar-refractivity contribution >= 4 is 21.9 Å². The van der Waals surface area contributed by atoms with Crippen molar-refractivity contribution in [1.29, 1.82) is 0 Å². The van der Waals surface area contributed by atoms with Gasteiger partial charge < -0.3 is 0 Å². The molecular formula is C26H50O5P2. The van der Waals surface area contributed by atoms with Crippen LogP contribution in [0, 0.1) is 11.8 Å². The fourth-order valence-corrected chi connectivity index (χ4v) is 7.39. The maximum atomic E-state index is 9.71. The summed E-state index contributed by atoms with van der Waals surface area (Å²) >= 11 is 0. The Kier molecular flexibility index (Phi) is 17.9. The molecule has 0 aliphatic rings. The van der Waals surface area contributed by atoms with Crippen molar-refractivity contribution in [3.63, 3.8) is 0 Å². The molecular weight excluding hydrogens is 454 g/mol. The minimum absolute atomic E-state index is 0.504. The summed E-state index contributed by atoms with van der Waals surface area (Å²) in [6.45, 7) is 10.1. The van der Waals surface area contributed by atoms with Crippen LogP contribution in [0.2, 0.25) is 0 Å². The van der Waals surface area contributed by atoms with E-state index in [2.05, 4.69) is 27.7 Å².